The Balaban J connectivity index is 2.22. The van der Waals surface area contributed by atoms with Gasteiger partial charge in [-0.05, 0) is 42.9 Å². The topological polar surface area (TPSA) is 29.3 Å². The molecule has 0 spiro atoms. The second-order valence-electron chi connectivity index (χ2n) is 6.08. The Kier molecular flexibility index (Phi) is 3.17. The Morgan fingerprint density at radius 1 is 1.29 bits per heavy atom. The van der Waals surface area contributed by atoms with Crippen LogP contribution in [-0.2, 0) is 0 Å². The van der Waals surface area contributed by atoms with Crippen molar-refractivity contribution in [2.75, 3.05) is 18.0 Å². The van der Waals surface area contributed by atoms with Crippen molar-refractivity contribution in [2.45, 2.75) is 40.2 Å². The molecule has 1 aliphatic heterocycles. The third kappa shape index (κ3) is 2.47. The van der Waals surface area contributed by atoms with Gasteiger partial charge in [-0.2, -0.15) is 0 Å². The molecule has 1 heterocycles. The van der Waals surface area contributed by atoms with Crippen LogP contribution in [-0.4, -0.2) is 19.1 Å². The first-order chi connectivity index (χ1) is 7.90. The van der Waals surface area contributed by atoms with E-state index in [0.29, 0.717) is 0 Å². The van der Waals surface area contributed by atoms with E-state index in [1.165, 1.54) is 23.2 Å². The zero-order chi connectivity index (χ0) is 12.6. The average Bonchev–Trinajstić information content (AvgIpc) is 2.26. The quantitative estimate of drug-likeness (QED) is 0.806. The first kappa shape index (κ1) is 12.4. The van der Waals surface area contributed by atoms with Crippen LogP contribution in [0.4, 0.5) is 5.69 Å². The standard InChI is InChI=1S/C15H24N2/c1-11-5-6-12(2)13(9-11)17-8-7-15(3,4)14(16)10-17/h5-6,9,14H,7-8,10,16H2,1-4H3. The number of rotatable bonds is 1. The summed E-state index contributed by atoms with van der Waals surface area (Å²) in [5, 5.41) is 0. The molecule has 2 heteroatoms. The highest BCUT2D eigenvalue weighted by Gasteiger charge is 2.33. The fourth-order valence-corrected chi connectivity index (χ4v) is 2.46. The fraction of sp³-hybridized carbons (Fsp3) is 0.600. The second kappa shape index (κ2) is 4.34. The minimum atomic E-state index is 0.260. The van der Waals surface area contributed by atoms with Gasteiger partial charge in [-0.15, -0.1) is 0 Å². The van der Waals surface area contributed by atoms with Crippen molar-refractivity contribution < 1.29 is 0 Å². The first-order valence-corrected chi connectivity index (χ1v) is 6.48. The van der Waals surface area contributed by atoms with Crippen LogP contribution in [0.3, 0.4) is 0 Å². The molecule has 0 aliphatic carbocycles. The van der Waals surface area contributed by atoms with Crippen LogP contribution in [0.25, 0.3) is 0 Å². The summed E-state index contributed by atoms with van der Waals surface area (Å²) in [4.78, 5) is 2.44. The number of nitrogens with zero attached hydrogens (tertiary/aromatic N) is 1. The third-order valence-electron chi connectivity index (χ3n) is 4.15. The van der Waals surface area contributed by atoms with Gasteiger partial charge >= 0.3 is 0 Å². The van der Waals surface area contributed by atoms with Crippen LogP contribution in [0.5, 0.6) is 0 Å². The van der Waals surface area contributed by atoms with Crippen LogP contribution in [0.15, 0.2) is 18.2 Å². The van der Waals surface area contributed by atoms with E-state index in [2.05, 4.69) is 50.8 Å². The van der Waals surface area contributed by atoms with Gasteiger partial charge in [0, 0.05) is 24.8 Å². The number of anilines is 1. The van der Waals surface area contributed by atoms with Crippen molar-refractivity contribution in [1.29, 1.82) is 0 Å². The lowest BCUT2D eigenvalue weighted by Crippen LogP contribution is -2.53. The number of aryl methyl sites for hydroxylation is 2. The maximum atomic E-state index is 6.29. The second-order valence-corrected chi connectivity index (χ2v) is 6.08. The van der Waals surface area contributed by atoms with Crippen molar-refractivity contribution in [3.05, 3.63) is 29.3 Å². The van der Waals surface area contributed by atoms with Crippen LogP contribution in [0.2, 0.25) is 0 Å². The molecule has 1 aromatic rings. The van der Waals surface area contributed by atoms with E-state index in [0.717, 1.165) is 13.1 Å². The summed E-state index contributed by atoms with van der Waals surface area (Å²) in [5.41, 5.74) is 10.6. The summed E-state index contributed by atoms with van der Waals surface area (Å²) in [7, 11) is 0. The predicted molar refractivity (Wildman–Crippen MR) is 74.5 cm³/mol. The molecule has 1 unspecified atom stereocenters. The average molecular weight is 232 g/mol. The lowest BCUT2D eigenvalue weighted by Gasteiger charge is -2.43. The summed E-state index contributed by atoms with van der Waals surface area (Å²) in [6.07, 6.45) is 1.17. The highest BCUT2D eigenvalue weighted by Crippen LogP contribution is 2.33. The number of hydrogen-bond acceptors (Lipinski definition) is 2. The van der Waals surface area contributed by atoms with Crippen LogP contribution in [0.1, 0.15) is 31.4 Å². The van der Waals surface area contributed by atoms with E-state index < -0.39 is 0 Å². The Bertz CT molecular complexity index is 409. The van der Waals surface area contributed by atoms with Crippen LogP contribution >= 0.6 is 0 Å². The molecule has 1 aliphatic rings. The molecule has 17 heavy (non-hydrogen) atoms. The Hall–Kier alpha value is -1.02. The molecule has 1 atom stereocenters. The van der Waals surface area contributed by atoms with Gasteiger partial charge in [0.05, 0.1) is 0 Å². The van der Waals surface area contributed by atoms with Gasteiger partial charge in [0.25, 0.3) is 0 Å². The van der Waals surface area contributed by atoms with Crippen molar-refractivity contribution >= 4 is 5.69 Å². The SMILES string of the molecule is Cc1ccc(C)c(N2CCC(C)(C)C(N)C2)c1. The predicted octanol–water partition coefficient (Wildman–Crippen LogP) is 2.87. The molecule has 2 nitrogen and oxygen atoms in total. The molecular weight excluding hydrogens is 208 g/mol. The van der Waals surface area contributed by atoms with Crippen molar-refractivity contribution in [3.63, 3.8) is 0 Å². The normalized spacial score (nSPS) is 23.8. The third-order valence-corrected chi connectivity index (χ3v) is 4.15. The van der Waals surface area contributed by atoms with Crippen LogP contribution in [0, 0.1) is 19.3 Å². The van der Waals surface area contributed by atoms with Crippen molar-refractivity contribution in [3.8, 4) is 0 Å². The maximum Gasteiger partial charge on any atom is 0.0399 e. The van der Waals surface area contributed by atoms with Gasteiger partial charge in [-0.1, -0.05) is 26.0 Å². The van der Waals surface area contributed by atoms with Gasteiger partial charge < -0.3 is 10.6 Å². The van der Waals surface area contributed by atoms with Crippen LogP contribution < -0.4 is 10.6 Å². The van der Waals surface area contributed by atoms with E-state index in [1.54, 1.807) is 0 Å². The highest BCUT2D eigenvalue weighted by atomic mass is 15.2. The first-order valence-electron chi connectivity index (χ1n) is 6.48. The van der Waals surface area contributed by atoms with Gasteiger partial charge in [-0.25, -0.2) is 0 Å². The molecule has 2 rings (SSSR count). The molecule has 0 saturated carbocycles. The van der Waals surface area contributed by atoms with E-state index in [-0.39, 0.29) is 11.5 Å². The minimum Gasteiger partial charge on any atom is -0.370 e. The van der Waals surface area contributed by atoms with E-state index in [1.807, 2.05) is 0 Å². The van der Waals surface area contributed by atoms with Gasteiger partial charge in [0.1, 0.15) is 0 Å². The van der Waals surface area contributed by atoms with E-state index in [4.69, 9.17) is 5.73 Å². The summed E-state index contributed by atoms with van der Waals surface area (Å²) in [5.74, 6) is 0. The van der Waals surface area contributed by atoms with Gasteiger partial charge in [-0.3, -0.25) is 0 Å². The molecule has 1 aromatic carbocycles. The number of hydrogen-bond donors (Lipinski definition) is 1. The largest absolute Gasteiger partial charge is 0.370 e. The molecule has 0 radical (unpaired) electrons. The Morgan fingerprint density at radius 2 is 2.00 bits per heavy atom. The fourth-order valence-electron chi connectivity index (χ4n) is 2.46. The zero-order valence-electron chi connectivity index (χ0n) is 11.5. The maximum absolute atomic E-state index is 6.29. The number of piperidine rings is 1. The molecule has 0 bridgehead atoms. The lowest BCUT2D eigenvalue weighted by molar-refractivity contribution is 0.235. The van der Waals surface area contributed by atoms with Crippen molar-refractivity contribution in [1.82, 2.24) is 0 Å². The Morgan fingerprint density at radius 3 is 2.65 bits per heavy atom. The summed E-state index contributed by atoms with van der Waals surface area (Å²) >= 11 is 0. The smallest absolute Gasteiger partial charge is 0.0399 e. The highest BCUT2D eigenvalue weighted by molar-refractivity contribution is 5.55. The molecule has 94 valence electrons. The Labute approximate surface area is 105 Å². The van der Waals surface area contributed by atoms with Gasteiger partial charge in [0.2, 0.25) is 0 Å². The molecule has 0 aromatic heterocycles. The molecular formula is C15H24N2. The molecule has 2 N–H and O–H groups in total. The summed E-state index contributed by atoms with van der Waals surface area (Å²) in [6.45, 7) is 11.0. The molecule has 1 saturated heterocycles. The lowest BCUT2D eigenvalue weighted by atomic mass is 9.78. The van der Waals surface area contributed by atoms with E-state index in [9.17, 15) is 0 Å². The monoisotopic (exact) mass is 232 g/mol. The number of benzene rings is 1. The summed E-state index contributed by atoms with van der Waals surface area (Å²) in [6, 6.07) is 6.92. The molecule has 0 amide bonds. The van der Waals surface area contributed by atoms with Crippen molar-refractivity contribution in [2.24, 2.45) is 11.1 Å². The zero-order valence-corrected chi connectivity index (χ0v) is 11.5. The summed E-state index contributed by atoms with van der Waals surface area (Å²) < 4.78 is 0. The minimum absolute atomic E-state index is 0.260. The number of nitrogens with two attached hydrogens (primary N) is 1. The molecule has 1 fully saturated rings. The van der Waals surface area contributed by atoms with Gasteiger partial charge in [0.15, 0.2) is 0 Å². The van der Waals surface area contributed by atoms with E-state index >= 15 is 0 Å².